The van der Waals surface area contributed by atoms with Crippen molar-refractivity contribution in [3.63, 3.8) is 0 Å². The average Bonchev–Trinajstić information content (AvgIpc) is 2.71. The van der Waals surface area contributed by atoms with Crippen LogP contribution in [-0.4, -0.2) is 45.6 Å². The largest absolute Gasteiger partial charge is 0.409 e. The van der Waals surface area contributed by atoms with Gasteiger partial charge in [0.15, 0.2) is 5.84 Å². The number of likely N-dealkylation sites (tertiary alicyclic amines) is 1. The van der Waals surface area contributed by atoms with Gasteiger partial charge in [-0.3, -0.25) is 4.79 Å². The molecular formula is C15H27N3O3. The number of carbonyl (C=O) groups is 1. The van der Waals surface area contributed by atoms with Gasteiger partial charge in [-0.2, -0.15) is 0 Å². The van der Waals surface area contributed by atoms with Crippen molar-refractivity contribution in [1.82, 2.24) is 4.90 Å². The van der Waals surface area contributed by atoms with Gasteiger partial charge in [0.25, 0.3) is 0 Å². The number of amidine groups is 1. The fourth-order valence-electron chi connectivity index (χ4n) is 3.70. The zero-order valence-electron chi connectivity index (χ0n) is 12.8. The van der Waals surface area contributed by atoms with Crippen LogP contribution in [0.4, 0.5) is 0 Å². The molecule has 1 unspecified atom stereocenters. The molecule has 0 aromatic carbocycles. The average molecular weight is 297 g/mol. The highest BCUT2D eigenvalue weighted by Gasteiger charge is 2.47. The third-order valence-corrected chi connectivity index (χ3v) is 4.93. The van der Waals surface area contributed by atoms with Crippen LogP contribution in [-0.2, 0) is 4.79 Å². The number of oxime groups is 1. The lowest BCUT2D eigenvalue weighted by Gasteiger charge is -2.42. The Hall–Kier alpha value is -1.30. The maximum atomic E-state index is 13.1. The zero-order chi connectivity index (χ0) is 15.5. The van der Waals surface area contributed by atoms with Crippen LogP contribution in [0.1, 0.15) is 58.3 Å². The van der Waals surface area contributed by atoms with E-state index in [9.17, 15) is 9.90 Å². The van der Waals surface area contributed by atoms with Crippen molar-refractivity contribution in [1.29, 1.82) is 0 Å². The molecule has 1 heterocycles. The van der Waals surface area contributed by atoms with Gasteiger partial charge in [-0.25, -0.2) is 0 Å². The molecule has 1 saturated carbocycles. The molecule has 1 saturated heterocycles. The summed E-state index contributed by atoms with van der Waals surface area (Å²) in [7, 11) is 0. The first-order valence-corrected chi connectivity index (χ1v) is 7.91. The maximum absolute atomic E-state index is 13.1. The molecule has 0 aromatic heterocycles. The highest BCUT2D eigenvalue weighted by atomic mass is 16.4. The Morgan fingerprint density at radius 2 is 1.76 bits per heavy atom. The third kappa shape index (κ3) is 3.31. The second-order valence-electron chi connectivity index (χ2n) is 6.81. The fraction of sp³-hybridized carbons (Fsp3) is 0.867. The zero-order valence-corrected chi connectivity index (χ0v) is 12.8. The van der Waals surface area contributed by atoms with Crippen LogP contribution in [0.5, 0.6) is 0 Å². The highest BCUT2D eigenvalue weighted by Crippen LogP contribution is 2.38. The number of aliphatic hydroxyl groups is 1. The number of hydrogen-bond acceptors (Lipinski definition) is 4. The van der Waals surface area contributed by atoms with Gasteiger partial charge in [0, 0.05) is 13.1 Å². The predicted octanol–water partition coefficient (Wildman–Crippen LogP) is 1.45. The summed E-state index contributed by atoms with van der Waals surface area (Å²) in [4.78, 5) is 14.8. The molecule has 6 heteroatoms. The Morgan fingerprint density at radius 1 is 1.14 bits per heavy atom. The molecular weight excluding hydrogens is 270 g/mol. The Bertz CT molecular complexity index is 412. The predicted molar refractivity (Wildman–Crippen MR) is 80.0 cm³/mol. The summed E-state index contributed by atoms with van der Waals surface area (Å²) in [5.74, 6) is -0.0562. The first-order valence-electron chi connectivity index (χ1n) is 7.91. The van der Waals surface area contributed by atoms with E-state index in [4.69, 9.17) is 10.9 Å². The number of carbonyl (C=O) groups excluding carboxylic acids is 1. The Kier molecular flexibility index (Phi) is 4.76. The van der Waals surface area contributed by atoms with E-state index in [0.29, 0.717) is 32.4 Å². The number of rotatable bonds is 2. The number of nitrogens with two attached hydrogens (primary N) is 1. The van der Waals surface area contributed by atoms with Crippen LogP contribution in [0, 0.1) is 5.41 Å². The van der Waals surface area contributed by atoms with E-state index in [-0.39, 0.29) is 11.7 Å². The fourth-order valence-corrected chi connectivity index (χ4v) is 3.70. The third-order valence-electron chi connectivity index (χ3n) is 4.93. The minimum atomic E-state index is -0.890. The van der Waals surface area contributed by atoms with Crippen molar-refractivity contribution in [2.45, 2.75) is 63.9 Å². The summed E-state index contributed by atoms with van der Waals surface area (Å²) < 4.78 is 0. The Balaban J connectivity index is 2.25. The standard InChI is InChI=1S/C15H27N3O3/c1-14(20)7-6-10-18(11-14)13(19)15(12(16)17-21)8-4-2-3-5-9-15/h20-21H,2-11H2,1H3,(H2,16,17). The van der Waals surface area contributed by atoms with E-state index in [1.807, 2.05) is 0 Å². The SMILES string of the molecule is CC1(O)CCCN(C(=O)C2(C(N)=NO)CCCCCC2)C1. The van der Waals surface area contributed by atoms with E-state index in [1.54, 1.807) is 11.8 Å². The van der Waals surface area contributed by atoms with Crippen LogP contribution in [0.15, 0.2) is 5.16 Å². The van der Waals surface area contributed by atoms with Crippen LogP contribution in [0.25, 0.3) is 0 Å². The van der Waals surface area contributed by atoms with Gasteiger partial charge < -0.3 is 20.9 Å². The highest BCUT2D eigenvalue weighted by molar-refractivity contribution is 6.06. The molecule has 21 heavy (non-hydrogen) atoms. The molecule has 0 spiro atoms. The topological polar surface area (TPSA) is 99.2 Å². The second kappa shape index (κ2) is 6.22. The lowest BCUT2D eigenvalue weighted by molar-refractivity contribution is -0.145. The van der Waals surface area contributed by atoms with E-state index >= 15 is 0 Å². The summed E-state index contributed by atoms with van der Waals surface area (Å²) >= 11 is 0. The van der Waals surface area contributed by atoms with E-state index in [1.165, 1.54) is 0 Å². The number of hydrogen-bond donors (Lipinski definition) is 3. The second-order valence-corrected chi connectivity index (χ2v) is 6.81. The summed E-state index contributed by atoms with van der Waals surface area (Å²) in [5.41, 5.74) is 4.18. The number of piperidine rings is 1. The minimum Gasteiger partial charge on any atom is -0.409 e. The Labute approximate surface area is 126 Å². The van der Waals surface area contributed by atoms with E-state index < -0.39 is 11.0 Å². The van der Waals surface area contributed by atoms with E-state index in [0.717, 1.165) is 32.1 Å². The molecule has 0 bridgehead atoms. The smallest absolute Gasteiger partial charge is 0.236 e. The van der Waals surface area contributed by atoms with Crippen molar-refractivity contribution < 1.29 is 15.1 Å². The molecule has 1 aliphatic heterocycles. The molecule has 2 rings (SSSR count). The molecule has 1 atom stereocenters. The number of amides is 1. The van der Waals surface area contributed by atoms with Crippen LogP contribution >= 0.6 is 0 Å². The van der Waals surface area contributed by atoms with E-state index in [2.05, 4.69) is 5.16 Å². The number of β-amino-alcohol motifs (C(OH)–C–C–N with tert-alkyl or cyclic N) is 1. The van der Waals surface area contributed by atoms with Gasteiger partial charge in [0.2, 0.25) is 5.91 Å². The quantitative estimate of drug-likeness (QED) is 0.236. The lowest BCUT2D eigenvalue weighted by Crippen LogP contribution is -2.56. The van der Waals surface area contributed by atoms with Crippen molar-refractivity contribution >= 4 is 11.7 Å². The van der Waals surface area contributed by atoms with Gasteiger partial charge in [-0.15, -0.1) is 0 Å². The van der Waals surface area contributed by atoms with Gasteiger partial charge in [-0.1, -0.05) is 30.8 Å². The first-order chi connectivity index (χ1) is 9.91. The van der Waals surface area contributed by atoms with Gasteiger partial charge in [0.05, 0.1) is 5.60 Å². The molecule has 0 aromatic rings. The van der Waals surface area contributed by atoms with Crippen LogP contribution in [0.2, 0.25) is 0 Å². The molecule has 2 fully saturated rings. The Morgan fingerprint density at radius 3 is 2.29 bits per heavy atom. The molecule has 6 nitrogen and oxygen atoms in total. The van der Waals surface area contributed by atoms with Crippen molar-refractivity contribution in [3.05, 3.63) is 0 Å². The van der Waals surface area contributed by atoms with Crippen LogP contribution < -0.4 is 5.73 Å². The van der Waals surface area contributed by atoms with Gasteiger partial charge in [0.1, 0.15) is 5.41 Å². The first kappa shape index (κ1) is 16.1. The molecule has 0 radical (unpaired) electrons. The summed E-state index contributed by atoms with van der Waals surface area (Å²) in [6, 6.07) is 0. The minimum absolute atomic E-state index is 0.0274. The molecule has 1 aliphatic carbocycles. The maximum Gasteiger partial charge on any atom is 0.236 e. The molecule has 1 amide bonds. The normalized spacial score (nSPS) is 30.8. The van der Waals surface area contributed by atoms with Crippen molar-refractivity contribution in [2.24, 2.45) is 16.3 Å². The van der Waals surface area contributed by atoms with Gasteiger partial charge >= 0.3 is 0 Å². The summed E-state index contributed by atoms with van der Waals surface area (Å²) in [6.45, 7) is 2.72. The molecule has 2 aliphatic rings. The summed E-state index contributed by atoms with van der Waals surface area (Å²) in [5, 5.41) is 22.5. The van der Waals surface area contributed by atoms with Crippen molar-refractivity contribution in [3.8, 4) is 0 Å². The monoisotopic (exact) mass is 297 g/mol. The van der Waals surface area contributed by atoms with Crippen LogP contribution in [0.3, 0.4) is 0 Å². The van der Waals surface area contributed by atoms with Crippen molar-refractivity contribution in [2.75, 3.05) is 13.1 Å². The lowest BCUT2D eigenvalue weighted by atomic mass is 9.77. The summed E-state index contributed by atoms with van der Waals surface area (Å²) in [6.07, 6.45) is 6.70. The molecule has 4 N–H and O–H groups in total. The molecule has 120 valence electrons. The number of nitrogens with zero attached hydrogens (tertiary/aromatic N) is 2. The van der Waals surface area contributed by atoms with Gasteiger partial charge in [-0.05, 0) is 32.6 Å².